The van der Waals surface area contributed by atoms with Gasteiger partial charge in [0.1, 0.15) is 11.5 Å². The Labute approximate surface area is 234 Å². The summed E-state index contributed by atoms with van der Waals surface area (Å²) in [5.41, 5.74) is 10.2. The van der Waals surface area contributed by atoms with Crippen molar-refractivity contribution >= 4 is 22.4 Å². The first-order valence-corrected chi connectivity index (χ1v) is 13.5. The third-order valence-electron chi connectivity index (χ3n) is 6.95. The summed E-state index contributed by atoms with van der Waals surface area (Å²) >= 11 is 0. The molecular formula is C32H34FN7. The average Bonchev–Trinajstić information content (AvgIpc) is 3.40. The molecule has 204 valence electrons. The topological polar surface area (TPSA) is 82.1 Å². The molecule has 0 fully saturated rings. The number of imidazole rings is 1. The highest BCUT2D eigenvalue weighted by atomic mass is 19.1. The molecule has 40 heavy (non-hydrogen) atoms. The maximum Gasteiger partial charge on any atom is 0.157 e. The van der Waals surface area contributed by atoms with E-state index in [0.717, 1.165) is 63.2 Å². The SMILES string of the molecule is CCNCN=C(c1nc2c(-c3ccc(F)cc3)cncc2[nH]1)c1cc(-c2cc(CC)cc(N(C)C)c2)cnc1C. The first kappa shape index (κ1) is 27.1. The van der Waals surface area contributed by atoms with Crippen LogP contribution in [0.25, 0.3) is 33.3 Å². The Hall–Kier alpha value is -4.43. The van der Waals surface area contributed by atoms with Crippen LogP contribution in [0.3, 0.4) is 0 Å². The molecule has 0 aliphatic heterocycles. The largest absolute Gasteiger partial charge is 0.378 e. The minimum atomic E-state index is -0.283. The summed E-state index contributed by atoms with van der Waals surface area (Å²) in [5.74, 6) is 0.345. The molecule has 0 spiro atoms. The average molecular weight is 536 g/mol. The van der Waals surface area contributed by atoms with Gasteiger partial charge in [0.15, 0.2) is 5.82 Å². The molecule has 3 heterocycles. The van der Waals surface area contributed by atoms with E-state index in [2.05, 4.69) is 65.5 Å². The number of aromatic amines is 1. The van der Waals surface area contributed by atoms with Gasteiger partial charge in [-0.25, -0.2) is 9.37 Å². The molecule has 0 radical (unpaired) electrons. The lowest BCUT2D eigenvalue weighted by molar-refractivity contribution is 0.628. The standard InChI is InChI=1S/C32H34FN7/c1-6-21-12-23(14-26(13-21)40(4)5)24-15-27(20(3)36-16-24)31(37-19-34-7-2)32-38-29-18-35-17-28(30(29)39-32)22-8-10-25(33)11-9-22/h8-18,34H,6-7,19H2,1-5H3,(H,38,39). The highest BCUT2D eigenvalue weighted by Gasteiger charge is 2.19. The van der Waals surface area contributed by atoms with E-state index in [1.54, 1.807) is 24.5 Å². The lowest BCUT2D eigenvalue weighted by Crippen LogP contribution is -2.17. The van der Waals surface area contributed by atoms with Gasteiger partial charge in [-0.1, -0.05) is 32.0 Å². The molecule has 0 unspecified atom stereocenters. The van der Waals surface area contributed by atoms with E-state index in [1.807, 2.05) is 20.0 Å². The molecule has 0 bridgehead atoms. The first-order valence-electron chi connectivity index (χ1n) is 13.5. The molecule has 5 rings (SSSR count). The molecule has 0 aliphatic rings. The summed E-state index contributed by atoms with van der Waals surface area (Å²) < 4.78 is 13.6. The number of nitrogens with zero attached hydrogens (tertiary/aromatic N) is 5. The van der Waals surface area contributed by atoms with E-state index in [0.29, 0.717) is 18.2 Å². The molecule has 8 heteroatoms. The normalized spacial score (nSPS) is 11.8. The van der Waals surface area contributed by atoms with Gasteiger partial charge in [0.05, 0.1) is 23.9 Å². The van der Waals surface area contributed by atoms with Crippen molar-refractivity contribution in [3.05, 3.63) is 95.6 Å². The van der Waals surface area contributed by atoms with Crippen LogP contribution in [0.2, 0.25) is 0 Å². The third-order valence-corrected chi connectivity index (χ3v) is 6.95. The van der Waals surface area contributed by atoms with Crippen LogP contribution >= 0.6 is 0 Å². The zero-order valence-electron chi connectivity index (χ0n) is 23.6. The minimum absolute atomic E-state index is 0.283. The van der Waals surface area contributed by atoms with Crippen LogP contribution in [0.1, 0.15) is 36.5 Å². The van der Waals surface area contributed by atoms with E-state index < -0.39 is 0 Å². The van der Waals surface area contributed by atoms with Gasteiger partial charge in [-0.2, -0.15) is 0 Å². The number of fused-ring (bicyclic) bond motifs is 1. The van der Waals surface area contributed by atoms with Crippen LogP contribution in [-0.2, 0) is 6.42 Å². The predicted octanol–water partition coefficient (Wildman–Crippen LogP) is 6.17. The van der Waals surface area contributed by atoms with Crippen molar-refractivity contribution in [3.8, 4) is 22.3 Å². The van der Waals surface area contributed by atoms with Crippen LogP contribution < -0.4 is 10.2 Å². The zero-order valence-corrected chi connectivity index (χ0v) is 23.6. The number of hydrogen-bond acceptors (Lipinski definition) is 6. The summed E-state index contributed by atoms with van der Waals surface area (Å²) in [4.78, 5) is 24.7. The second-order valence-electron chi connectivity index (χ2n) is 9.94. The monoisotopic (exact) mass is 535 g/mol. The van der Waals surface area contributed by atoms with Crippen molar-refractivity contribution in [1.29, 1.82) is 0 Å². The zero-order chi connectivity index (χ0) is 28.2. The smallest absolute Gasteiger partial charge is 0.157 e. The van der Waals surface area contributed by atoms with Gasteiger partial charge in [-0.15, -0.1) is 0 Å². The van der Waals surface area contributed by atoms with Crippen molar-refractivity contribution in [2.24, 2.45) is 4.99 Å². The van der Waals surface area contributed by atoms with Gasteiger partial charge in [0.25, 0.3) is 0 Å². The number of pyridine rings is 2. The third kappa shape index (κ3) is 5.62. The molecule has 2 N–H and O–H groups in total. The molecular weight excluding hydrogens is 501 g/mol. The highest BCUT2D eigenvalue weighted by molar-refractivity contribution is 6.13. The Morgan fingerprint density at radius 3 is 2.50 bits per heavy atom. The van der Waals surface area contributed by atoms with Crippen LogP contribution in [0.4, 0.5) is 10.1 Å². The molecule has 3 aromatic heterocycles. The van der Waals surface area contributed by atoms with Gasteiger partial charge in [-0.05, 0) is 66.9 Å². The number of anilines is 1. The molecule has 7 nitrogen and oxygen atoms in total. The molecule has 0 aliphatic carbocycles. The van der Waals surface area contributed by atoms with Crippen molar-refractivity contribution < 1.29 is 4.39 Å². The van der Waals surface area contributed by atoms with Gasteiger partial charge in [-0.3, -0.25) is 20.3 Å². The Kier molecular flexibility index (Phi) is 7.98. The van der Waals surface area contributed by atoms with E-state index in [4.69, 9.17) is 15.0 Å². The Bertz CT molecular complexity index is 1670. The molecule has 0 atom stereocenters. The molecule has 0 saturated carbocycles. The number of rotatable bonds is 9. The number of aromatic nitrogens is 4. The molecule has 5 aromatic rings. The van der Waals surface area contributed by atoms with Crippen molar-refractivity contribution in [2.45, 2.75) is 27.2 Å². The lowest BCUT2D eigenvalue weighted by atomic mass is 9.98. The van der Waals surface area contributed by atoms with E-state index in [-0.39, 0.29) is 5.82 Å². The highest BCUT2D eigenvalue weighted by Crippen LogP contribution is 2.30. The van der Waals surface area contributed by atoms with Crippen molar-refractivity contribution in [3.63, 3.8) is 0 Å². The number of H-pyrrole nitrogens is 1. The van der Waals surface area contributed by atoms with Crippen LogP contribution in [-0.4, -0.2) is 53.0 Å². The van der Waals surface area contributed by atoms with Gasteiger partial charge in [0.2, 0.25) is 0 Å². The van der Waals surface area contributed by atoms with Gasteiger partial charge in [0, 0.05) is 54.6 Å². The van der Waals surface area contributed by atoms with Crippen molar-refractivity contribution in [1.82, 2.24) is 25.3 Å². The molecule has 0 amide bonds. The fourth-order valence-corrected chi connectivity index (χ4v) is 4.65. The number of halogens is 1. The maximum absolute atomic E-state index is 13.6. The number of aryl methyl sites for hydroxylation is 2. The lowest BCUT2D eigenvalue weighted by Gasteiger charge is -2.17. The second kappa shape index (κ2) is 11.8. The summed E-state index contributed by atoms with van der Waals surface area (Å²) in [6.45, 7) is 7.44. The quantitative estimate of drug-likeness (QED) is 0.174. The minimum Gasteiger partial charge on any atom is -0.378 e. The van der Waals surface area contributed by atoms with E-state index >= 15 is 0 Å². The predicted molar refractivity (Wildman–Crippen MR) is 162 cm³/mol. The fraction of sp³-hybridized carbons (Fsp3) is 0.250. The van der Waals surface area contributed by atoms with E-state index in [9.17, 15) is 4.39 Å². The van der Waals surface area contributed by atoms with Crippen LogP contribution in [0, 0.1) is 12.7 Å². The van der Waals surface area contributed by atoms with Crippen LogP contribution in [0.15, 0.2) is 72.1 Å². The Balaban J connectivity index is 1.64. The van der Waals surface area contributed by atoms with E-state index in [1.165, 1.54) is 17.7 Å². The van der Waals surface area contributed by atoms with Gasteiger partial charge >= 0.3 is 0 Å². The summed E-state index contributed by atoms with van der Waals surface area (Å²) in [5, 5.41) is 3.29. The summed E-state index contributed by atoms with van der Waals surface area (Å²) in [6.07, 6.45) is 6.37. The Morgan fingerprint density at radius 2 is 1.77 bits per heavy atom. The fourth-order valence-electron chi connectivity index (χ4n) is 4.65. The van der Waals surface area contributed by atoms with Gasteiger partial charge < -0.3 is 9.88 Å². The van der Waals surface area contributed by atoms with Crippen LogP contribution in [0.5, 0.6) is 0 Å². The summed E-state index contributed by atoms with van der Waals surface area (Å²) in [7, 11) is 4.11. The Morgan fingerprint density at radius 1 is 0.975 bits per heavy atom. The number of hydrogen-bond donors (Lipinski definition) is 2. The summed E-state index contributed by atoms with van der Waals surface area (Å²) in [6, 6.07) is 15.1. The molecule has 0 saturated heterocycles. The first-order chi connectivity index (χ1) is 19.4. The number of benzene rings is 2. The number of nitrogens with one attached hydrogen (secondary N) is 2. The second-order valence-corrected chi connectivity index (χ2v) is 9.94. The molecule has 2 aromatic carbocycles. The maximum atomic E-state index is 13.6. The van der Waals surface area contributed by atoms with Crippen molar-refractivity contribution in [2.75, 3.05) is 32.2 Å². The number of aliphatic imine (C=N–C) groups is 1.